The molecule has 11 heteroatoms. The zero-order chi connectivity index (χ0) is 24.8. The Hall–Kier alpha value is -2.14. The Kier molecular flexibility index (Phi) is 6.71. The molecule has 2 bridgehead atoms. The van der Waals surface area contributed by atoms with Crippen LogP contribution in [0.2, 0.25) is 5.02 Å². The van der Waals surface area contributed by atoms with Gasteiger partial charge in [0.05, 0.1) is 27.4 Å². The monoisotopic (exact) mass is 517 g/mol. The van der Waals surface area contributed by atoms with Crippen LogP contribution in [0.15, 0.2) is 35.2 Å². The number of hydrogen-bond donors (Lipinski definition) is 2. The molecule has 2 saturated carbocycles. The maximum absolute atomic E-state index is 13.7. The molecule has 6 nitrogen and oxygen atoms in total. The topological polar surface area (TPSA) is 92.7 Å². The van der Waals surface area contributed by atoms with Crippen LogP contribution in [0.4, 0.5) is 18.9 Å². The molecule has 2 aromatic rings. The number of benzene rings is 2. The normalized spacial score (nSPS) is 26.5. The van der Waals surface area contributed by atoms with Gasteiger partial charge in [-0.1, -0.05) is 11.6 Å². The Labute approximate surface area is 200 Å². The van der Waals surface area contributed by atoms with E-state index in [9.17, 15) is 31.5 Å². The molecule has 2 fully saturated rings. The molecule has 2 aromatic carbocycles. The quantitative estimate of drug-likeness (QED) is 0.556. The number of carbonyl (C=O) groups is 1. The van der Waals surface area contributed by atoms with E-state index in [2.05, 4.69) is 5.32 Å². The second-order valence-corrected chi connectivity index (χ2v) is 11.4. The molecule has 34 heavy (non-hydrogen) atoms. The number of carbonyl (C=O) groups excluding carboxylic acids is 1. The van der Waals surface area contributed by atoms with Gasteiger partial charge in [-0.2, -0.15) is 0 Å². The first-order valence-corrected chi connectivity index (χ1v) is 12.6. The minimum atomic E-state index is -3.96. The smallest absolute Gasteiger partial charge is 0.255 e. The molecule has 0 spiro atoms. The lowest BCUT2D eigenvalue weighted by Gasteiger charge is -2.42. The average molecular weight is 518 g/mol. The van der Waals surface area contributed by atoms with Crippen molar-refractivity contribution in [1.82, 2.24) is 0 Å². The summed E-state index contributed by atoms with van der Waals surface area (Å²) in [6.45, 7) is -0.204. The van der Waals surface area contributed by atoms with Crippen LogP contribution in [-0.2, 0) is 14.6 Å². The summed E-state index contributed by atoms with van der Waals surface area (Å²) in [5.41, 5.74) is -1.20. The summed E-state index contributed by atoms with van der Waals surface area (Å²) in [5, 5.41) is 11.3. The lowest BCUT2D eigenvalue weighted by atomic mass is 9.77. The fourth-order valence-corrected chi connectivity index (χ4v) is 8.17. The van der Waals surface area contributed by atoms with Crippen molar-refractivity contribution in [2.45, 2.75) is 41.4 Å². The summed E-state index contributed by atoms with van der Waals surface area (Å²) in [5.74, 6) is -5.94. The Morgan fingerprint density at radius 2 is 1.74 bits per heavy atom. The first-order valence-electron chi connectivity index (χ1n) is 10.7. The van der Waals surface area contributed by atoms with Crippen LogP contribution in [0.5, 0.6) is 0 Å². The van der Waals surface area contributed by atoms with Crippen LogP contribution in [0.25, 0.3) is 0 Å². The number of aliphatic hydroxyl groups is 1. The van der Waals surface area contributed by atoms with E-state index in [0.717, 1.165) is 6.07 Å². The number of nitrogens with one attached hydrogen (secondary N) is 1. The molecule has 0 aliphatic heterocycles. The summed E-state index contributed by atoms with van der Waals surface area (Å²) in [7, 11) is -2.46. The standard InChI is InChI=1S/C23H23ClF3NO5S/c1-33-23(11-29)9-13-2-3-14(10-23)21(13)34(31,32)19-6-12(4-5-16(19)24)22(30)28-15-7-17(25)20(27)18(26)8-15/h4-8,13-14,21,29H,2-3,9-11H2,1H3,(H,28,30)/t13?,14?,21-,23+. The van der Waals surface area contributed by atoms with Gasteiger partial charge < -0.3 is 15.2 Å². The van der Waals surface area contributed by atoms with E-state index < -0.39 is 44.0 Å². The van der Waals surface area contributed by atoms with Gasteiger partial charge in [0.15, 0.2) is 27.3 Å². The number of amides is 1. The van der Waals surface area contributed by atoms with Crippen molar-refractivity contribution >= 4 is 33.0 Å². The van der Waals surface area contributed by atoms with Gasteiger partial charge in [0, 0.05) is 30.5 Å². The van der Waals surface area contributed by atoms with Crippen LogP contribution >= 0.6 is 11.6 Å². The van der Waals surface area contributed by atoms with Gasteiger partial charge in [0.1, 0.15) is 0 Å². The maximum atomic E-state index is 13.7. The Morgan fingerprint density at radius 3 is 2.26 bits per heavy atom. The van der Waals surface area contributed by atoms with Gasteiger partial charge in [0.25, 0.3) is 5.91 Å². The Bertz CT molecular complexity index is 1200. The van der Waals surface area contributed by atoms with Crippen LogP contribution in [0.3, 0.4) is 0 Å². The summed E-state index contributed by atoms with van der Waals surface area (Å²) < 4.78 is 73.0. The SMILES string of the molecule is CO[C@]1(CO)CC2CCC(C1)[C@H]2S(=O)(=O)c1cc(C(=O)Nc2cc(F)c(F)c(F)c2)ccc1Cl. The molecule has 0 saturated heterocycles. The van der Waals surface area contributed by atoms with Crippen molar-refractivity contribution in [3.63, 3.8) is 0 Å². The van der Waals surface area contributed by atoms with Gasteiger partial charge in [-0.05, 0) is 55.7 Å². The minimum Gasteiger partial charge on any atom is -0.393 e. The zero-order valence-corrected chi connectivity index (χ0v) is 19.7. The number of ether oxygens (including phenoxy) is 1. The van der Waals surface area contributed by atoms with Crippen molar-refractivity contribution in [3.05, 3.63) is 58.4 Å². The summed E-state index contributed by atoms with van der Waals surface area (Å²) in [6.07, 6.45) is 2.11. The number of methoxy groups -OCH3 is 1. The molecule has 2 aliphatic carbocycles. The number of sulfone groups is 1. The van der Waals surface area contributed by atoms with Crippen LogP contribution in [0.1, 0.15) is 36.0 Å². The first kappa shape index (κ1) is 25.0. The highest BCUT2D eigenvalue weighted by atomic mass is 35.5. The van der Waals surface area contributed by atoms with E-state index in [1.807, 2.05) is 0 Å². The van der Waals surface area contributed by atoms with E-state index in [4.69, 9.17) is 16.3 Å². The van der Waals surface area contributed by atoms with Crippen molar-refractivity contribution in [2.75, 3.05) is 19.0 Å². The lowest BCUT2D eigenvalue weighted by molar-refractivity contribution is -0.0903. The lowest BCUT2D eigenvalue weighted by Crippen LogP contribution is -2.49. The van der Waals surface area contributed by atoms with Gasteiger partial charge in [-0.25, -0.2) is 21.6 Å². The van der Waals surface area contributed by atoms with Crippen molar-refractivity contribution < 1.29 is 36.2 Å². The maximum Gasteiger partial charge on any atom is 0.255 e. The zero-order valence-electron chi connectivity index (χ0n) is 18.2. The molecule has 2 unspecified atom stereocenters. The fraction of sp³-hybridized carbons (Fsp3) is 0.435. The number of halogens is 4. The third-order valence-electron chi connectivity index (χ3n) is 6.93. The summed E-state index contributed by atoms with van der Waals surface area (Å²) >= 11 is 6.23. The van der Waals surface area contributed by atoms with Gasteiger partial charge in [-0.3, -0.25) is 4.79 Å². The number of aliphatic hydroxyl groups excluding tert-OH is 1. The van der Waals surface area contributed by atoms with Gasteiger partial charge in [0.2, 0.25) is 0 Å². The van der Waals surface area contributed by atoms with E-state index in [1.165, 1.54) is 19.2 Å². The van der Waals surface area contributed by atoms with E-state index >= 15 is 0 Å². The van der Waals surface area contributed by atoms with Crippen LogP contribution in [0, 0.1) is 29.3 Å². The van der Waals surface area contributed by atoms with E-state index in [1.54, 1.807) is 0 Å². The second-order valence-electron chi connectivity index (χ2n) is 8.91. The molecule has 4 rings (SSSR count). The Balaban J connectivity index is 1.63. The molecular formula is C23H23ClF3NO5S. The number of fused-ring (bicyclic) bond motifs is 2. The molecule has 2 N–H and O–H groups in total. The highest BCUT2D eigenvalue weighted by Crippen LogP contribution is 2.52. The molecule has 2 aliphatic rings. The molecular weight excluding hydrogens is 495 g/mol. The van der Waals surface area contributed by atoms with E-state index in [-0.39, 0.29) is 39.6 Å². The molecule has 0 radical (unpaired) electrons. The highest BCUT2D eigenvalue weighted by Gasteiger charge is 2.54. The third kappa shape index (κ3) is 4.32. The molecule has 0 heterocycles. The largest absolute Gasteiger partial charge is 0.393 e. The highest BCUT2D eigenvalue weighted by molar-refractivity contribution is 7.92. The van der Waals surface area contributed by atoms with Crippen molar-refractivity contribution in [1.29, 1.82) is 0 Å². The molecule has 2 atom stereocenters. The van der Waals surface area contributed by atoms with Gasteiger partial charge >= 0.3 is 0 Å². The Morgan fingerprint density at radius 1 is 1.15 bits per heavy atom. The fourth-order valence-electron chi connectivity index (χ4n) is 5.32. The molecule has 184 valence electrons. The first-order chi connectivity index (χ1) is 16.0. The van der Waals surface area contributed by atoms with Gasteiger partial charge in [-0.15, -0.1) is 0 Å². The minimum absolute atomic E-state index is 0.0550. The summed E-state index contributed by atoms with van der Waals surface area (Å²) in [6, 6.07) is 4.92. The predicted octanol–water partition coefficient (Wildman–Crippen LogP) is 4.35. The number of rotatable bonds is 6. The van der Waals surface area contributed by atoms with Crippen molar-refractivity contribution in [2.24, 2.45) is 11.8 Å². The number of anilines is 1. The predicted molar refractivity (Wildman–Crippen MR) is 119 cm³/mol. The second kappa shape index (κ2) is 9.14. The van der Waals surface area contributed by atoms with Crippen LogP contribution in [-0.4, -0.2) is 44.0 Å². The molecule has 0 aromatic heterocycles. The van der Waals surface area contributed by atoms with Crippen molar-refractivity contribution in [3.8, 4) is 0 Å². The van der Waals surface area contributed by atoms with Crippen LogP contribution < -0.4 is 5.32 Å². The summed E-state index contributed by atoms with van der Waals surface area (Å²) in [4.78, 5) is 12.4. The number of hydrogen-bond acceptors (Lipinski definition) is 5. The molecule has 1 amide bonds. The van der Waals surface area contributed by atoms with E-state index in [0.29, 0.717) is 37.8 Å². The average Bonchev–Trinajstić information content (AvgIpc) is 3.09. The third-order valence-corrected chi connectivity index (χ3v) is 9.81.